The minimum absolute atomic E-state index is 0.0511. The first-order valence-electron chi connectivity index (χ1n) is 13.7. The normalized spacial score (nSPS) is 15.6. The molecule has 0 bridgehead atoms. The van der Waals surface area contributed by atoms with Crippen molar-refractivity contribution in [1.29, 1.82) is 0 Å². The van der Waals surface area contributed by atoms with E-state index >= 15 is 0 Å². The van der Waals surface area contributed by atoms with E-state index in [9.17, 15) is 9.59 Å². The minimum atomic E-state index is 0.0511. The zero-order valence-electron chi connectivity index (χ0n) is 22.2. The standard InChI is InChI=1S/C30H40N2O5/c1-22(2)37-26-13-11-24(12-14-26)27(33)8-4-3-5-9-30(34)31-25(20-32-16-6-7-17-32)18-23-10-15-28-29(19-23)36-21-35-28/h10-15,19,22,25H,3-9,16-18,20-21H2,1-2H3,(H,31,34). The van der Waals surface area contributed by atoms with E-state index < -0.39 is 0 Å². The molecule has 1 saturated heterocycles. The molecule has 2 heterocycles. The molecule has 7 nitrogen and oxygen atoms in total. The SMILES string of the molecule is CC(C)Oc1ccc(C(=O)CCCCCC(=O)NC(Cc2ccc3c(c2)OCO3)CN2CCCC2)cc1. The van der Waals surface area contributed by atoms with E-state index in [1.807, 2.05) is 50.2 Å². The Morgan fingerprint density at radius 1 is 0.946 bits per heavy atom. The lowest BCUT2D eigenvalue weighted by Crippen LogP contribution is -2.44. The maximum atomic E-state index is 12.8. The van der Waals surface area contributed by atoms with E-state index in [4.69, 9.17) is 14.2 Å². The Labute approximate surface area is 220 Å². The molecule has 200 valence electrons. The van der Waals surface area contributed by atoms with Gasteiger partial charge >= 0.3 is 0 Å². The maximum Gasteiger partial charge on any atom is 0.231 e. The van der Waals surface area contributed by atoms with Gasteiger partial charge in [-0.05, 0) is 101 Å². The van der Waals surface area contributed by atoms with Crippen molar-refractivity contribution in [2.24, 2.45) is 0 Å². The van der Waals surface area contributed by atoms with Gasteiger partial charge in [0, 0.05) is 31.0 Å². The summed E-state index contributed by atoms with van der Waals surface area (Å²) in [4.78, 5) is 27.7. The molecule has 0 aliphatic carbocycles. The van der Waals surface area contributed by atoms with Crippen molar-refractivity contribution >= 4 is 11.7 Å². The van der Waals surface area contributed by atoms with E-state index in [1.165, 1.54) is 12.8 Å². The summed E-state index contributed by atoms with van der Waals surface area (Å²) >= 11 is 0. The molecule has 37 heavy (non-hydrogen) atoms. The molecule has 0 saturated carbocycles. The van der Waals surface area contributed by atoms with Gasteiger partial charge in [0.2, 0.25) is 12.7 Å². The smallest absolute Gasteiger partial charge is 0.231 e. The first kappa shape index (κ1) is 27.0. The van der Waals surface area contributed by atoms with Crippen LogP contribution >= 0.6 is 0 Å². The second-order valence-electron chi connectivity index (χ2n) is 10.3. The van der Waals surface area contributed by atoms with Crippen molar-refractivity contribution in [2.75, 3.05) is 26.4 Å². The van der Waals surface area contributed by atoms with Crippen LogP contribution in [0.25, 0.3) is 0 Å². The fourth-order valence-electron chi connectivity index (χ4n) is 4.97. The van der Waals surface area contributed by atoms with Gasteiger partial charge in [-0.1, -0.05) is 12.5 Å². The van der Waals surface area contributed by atoms with E-state index in [0.717, 1.165) is 68.1 Å². The zero-order valence-corrected chi connectivity index (χ0v) is 22.2. The third-order valence-corrected chi connectivity index (χ3v) is 6.82. The Kier molecular flexibility index (Phi) is 9.83. The van der Waals surface area contributed by atoms with Crippen molar-refractivity contribution in [1.82, 2.24) is 10.2 Å². The Balaban J connectivity index is 1.19. The molecule has 1 unspecified atom stereocenters. The van der Waals surface area contributed by atoms with Crippen LogP contribution < -0.4 is 19.5 Å². The number of nitrogens with zero attached hydrogens (tertiary/aromatic N) is 1. The minimum Gasteiger partial charge on any atom is -0.491 e. The van der Waals surface area contributed by atoms with Gasteiger partial charge in [-0.2, -0.15) is 0 Å². The van der Waals surface area contributed by atoms with E-state index in [-0.39, 0.29) is 30.6 Å². The Morgan fingerprint density at radius 2 is 1.68 bits per heavy atom. The summed E-state index contributed by atoms with van der Waals surface area (Å²) in [6.45, 7) is 7.26. The molecule has 1 atom stereocenters. The number of hydrogen-bond acceptors (Lipinski definition) is 6. The molecule has 1 N–H and O–H groups in total. The highest BCUT2D eigenvalue weighted by molar-refractivity contribution is 5.96. The summed E-state index contributed by atoms with van der Waals surface area (Å²) < 4.78 is 16.6. The fraction of sp³-hybridized carbons (Fsp3) is 0.533. The van der Waals surface area contributed by atoms with Crippen molar-refractivity contribution in [3.05, 3.63) is 53.6 Å². The number of carbonyl (C=O) groups excluding carboxylic acids is 2. The lowest BCUT2D eigenvalue weighted by atomic mass is 10.0. The fourth-order valence-corrected chi connectivity index (χ4v) is 4.97. The molecule has 0 radical (unpaired) electrons. The number of likely N-dealkylation sites (tertiary alicyclic amines) is 1. The van der Waals surface area contributed by atoms with Gasteiger partial charge in [0.15, 0.2) is 17.3 Å². The first-order valence-corrected chi connectivity index (χ1v) is 13.7. The molecule has 2 aliphatic rings. The monoisotopic (exact) mass is 508 g/mol. The summed E-state index contributed by atoms with van der Waals surface area (Å²) in [6, 6.07) is 13.4. The second-order valence-corrected chi connectivity index (χ2v) is 10.3. The Bertz CT molecular complexity index is 1030. The quantitative estimate of drug-likeness (QED) is 0.281. The molecule has 1 fully saturated rings. The number of nitrogens with one attached hydrogen (secondary N) is 1. The van der Waals surface area contributed by atoms with Crippen LogP contribution in [0.4, 0.5) is 0 Å². The van der Waals surface area contributed by atoms with Gasteiger partial charge in [0.1, 0.15) is 5.75 Å². The van der Waals surface area contributed by atoms with Gasteiger partial charge in [-0.3, -0.25) is 9.59 Å². The highest BCUT2D eigenvalue weighted by Crippen LogP contribution is 2.32. The molecule has 4 rings (SSSR count). The molecule has 0 spiro atoms. The van der Waals surface area contributed by atoms with Crippen LogP contribution in [0, 0.1) is 0 Å². The number of ketones is 1. The average molecular weight is 509 g/mol. The van der Waals surface area contributed by atoms with Gasteiger partial charge in [-0.15, -0.1) is 0 Å². The van der Waals surface area contributed by atoms with Crippen LogP contribution in [0.15, 0.2) is 42.5 Å². The first-order chi connectivity index (χ1) is 18.0. The largest absolute Gasteiger partial charge is 0.491 e. The van der Waals surface area contributed by atoms with Crippen molar-refractivity contribution < 1.29 is 23.8 Å². The van der Waals surface area contributed by atoms with E-state index in [2.05, 4.69) is 16.3 Å². The molecule has 1 amide bonds. The number of hydrogen-bond donors (Lipinski definition) is 1. The highest BCUT2D eigenvalue weighted by Gasteiger charge is 2.21. The van der Waals surface area contributed by atoms with Crippen LogP contribution in [-0.2, 0) is 11.2 Å². The predicted octanol–water partition coefficient (Wildman–Crippen LogP) is 5.16. The van der Waals surface area contributed by atoms with Gasteiger partial charge < -0.3 is 24.4 Å². The number of ether oxygens (including phenoxy) is 3. The van der Waals surface area contributed by atoms with Crippen molar-refractivity contribution in [3.8, 4) is 17.2 Å². The summed E-state index contributed by atoms with van der Waals surface area (Å²) in [5.74, 6) is 2.55. The topological polar surface area (TPSA) is 77.1 Å². The Hall–Kier alpha value is -3.06. The molecular weight excluding hydrogens is 468 g/mol. The number of fused-ring (bicyclic) bond motifs is 1. The number of unbranched alkanes of at least 4 members (excludes halogenated alkanes) is 2. The van der Waals surface area contributed by atoms with E-state index in [1.54, 1.807) is 0 Å². The molecule has 0 aromatic heterocycles. The van der Waals surface area contributed by atoms with Crippen LogP contribution in [-0.4, -0.2) is 55.2 Å². The number of rotatable bonds is 14. The lowest BCUT2D eigenvalue weighted by molar-refractivity contribution is -0.122. The van der Waals surface area contributed by atoms with Crippen LogP contribution in [0.1, 0.15) is 74.7 Å². The van der Waals surface area contributed by atoms with Crippen molar-refractivity contribution in [3.63, 3.8) is 0 Å². The highest BCUT2D eigenvalue weighted by atomic mass is 16.7. The summed E-state index contributed by atoms with van der Waals surface area (Å²) in [5, 5.41) is 3.27. The molecular formula is C30H40N2O5. The van der Waals surface area contributed by atoms with Crippen LogP contribution in [0.5, 0.6) is 17.2 Å². The molecule has 2 aliphatic heterocycles. The molecule has 2 aromatic rings. The predicted molar refractivity (Wildman–Crippen MR) is 143 cm³/mol. The third-order valence-electron chi connectivity index (χ3n) is 6.82. The summed E-state index contributed by atoms with van der Waals surface area (Å²) in [6.07, 6.45) is 6.70. The van der Waals surface area contributed by atoms with Crippen LogP contribution in [0.3, 0.4) is 0 Å². The Morgan fingerprint density at radius 3 is 2.43 bits per heavy atom. The number of carbonyl (C=O) groups is 2. The van der Waals surface area contributed by atoms with Gasteiger partial charge in [0.25, 0.3) is 0 Å². The summed E-state index contributed by atoms with van der Waals surface area (Å²) in [7, 11) is 0. The van der Waals surface area contributed by atoms with Crippen molar-refractivity contribution in [2.45, 2.75) is 77.4 Å². The van der Waals surface area contributed by atoms with Gasteiger partial charge in [0.05, 0.1) is 6.10 Å². The zero-order chi connectivity index (χ0) is 26.0. The molecule has 7 heteroatoms. The van der Waals surface area contributed by atoms with Crippen LogP contribution in [0.2, 0.25) is 0 Å². The average Bonchev–Trinajstić information content (AvgIpc) is 3.55. The third kappa shape index (κ3) is 8.49. The maximum absolute atomic E-state index is 12.8. The summed E-state index contributed by atoms with van der Waals surface area (Å²) in [5.41, 5.74) is 1.85. The second kappa shape index (κ2) is 13.5. The van der Waals surface area contributed by atoms with E-state index in [0.29, 0.717) is 18.4 Å². The molecule has 2 aromatic carbocycles. The number of Topliss-reactive ketones (excluding diaryl/α,β-unsaturated/α-hetero) is 1. The lowest BCUT2D eigenvalue weighted by Gasteiger charge is -2.25. The number of amides is 1. The van der Waals surface area contributed by atoms with Gasteiger partial charge in [-0.25, -0.2) is 0 Å². The number of benzene rings is 2.